The van der Waals surface area contributed by atoms with Gasteiger partial charge in [-0.25, -0.2) is 0 Å². The van der Waals surface area contributed by atoms with Crippen molar-refractivity contribution in [3.05, 3.63) is 53.9 Å². The molecule has 1 aromatic heterocycles. The minimum atomic E-state index is 0.00912. The van der Waals surface area contributed by atoms with E-state index >= 15 is 0 Å². The van der Waals surface area contributed by atoms with E-state index in [1.54, 1.807) is 6.20 Å². The van der Waals surface area contributed by atoms with Crippen molar-refractivity contribution < 1.29 is 9.32 Å². The third-order valence-corrected chi connectivity index (χ3v) is 4.09. The van der Waals surface area contributed by atoms with Crippen molar-refractivity contribution in [1.82, 2.24) is 10.1 Å². The number of piperidine rings is 1. The van der Waals surface area contributed by atoms with E-state index in [-0.39, 0.29) is 11.3 Å². The lowest BCUT2D eigenvalue weighted by Gasteiger charge is -2.40. The highest BCUT2D eigenvalue weighted by molar-refractivity contribution is 5.77. The molecule has 1 aromatic carbocycles. The van der Waals surface area contributed by atoms with E-state index in [9.17, 15) is 4.79 Å². The predicted molar refractivity (Wildman–Crippen MR) is 74.9 cm³/mol. The lowest BCUT2D eigenvalue weighted by Crippen LogP contribution is -2.46. The molecule has 0 spiro atoms. The highest BCUT2D eigenvalue weighted by atomic mass is 16.5. The molecule has 0 radical (unpaired) electrons. The van der Waals surface area contributed by atoms with E-state index in [4.69, 9.17) is 4.52 Å². The SMILES string of the molecule is CC1(c2ccccc2)CCC(=O)N(Cc2ccno2)C1. The quantitative estimate of drug-likeness (QED) is 0.861. The second-order valence-corrected chi connectivity index (χ2v) is 5.66. The number of aromatic nitrogens is 1. The van der Waals surface area contributed by atoms with Crippen LogP contribution in [0.1, 0.15) is 31.1 Å². The van der Waals surface area contributed by atoms with Gasteiger partial charge in [0.1, 0.15) is 0 Å². The molecule has 1 atom stereocenters. The van der Waals surface area contributed by atoms with Gasteiger partial charge in [0.2, 0.25) is 5.91 Å². The molecule has 0 bridgehead atoms. The number of likely N-dealkylation sites (tertiary alicyclic amines) is 1. The van der Waals surface area contributed by atoms with Gasteiger partial charge in [-0.05, 0) is 12.0 Å². The molecule has 1 aliphatic heterocycles. The highest BCUT2D eigenvalue weighted by Gasteiger charge is 2.36. The van der Waals surface area contributed by atoms with Crippen molar-refractivity contribution in [3.63, 3.8) is 0 Å². The molecule has 1 aliphatic rings. The molecule has 1 fully saturated rings. The molecule has 104 valence electrons. The van der Waals surface area contributed by atoms with Crippen molar-refractivity contribution in [2.45, 2.75) is 31.7 Å². The predicted octanol–water partition coefficient (Wildman–Crippen LogP) is 2.75. The van der Waals surface area contributed by atoms with Crippen molar-refractivity contribution in [1.29, 1.82) is 0 Å². The van der Waals surface area contributed by atoms with E-state index in [0.717, 1.165) is 18.7 Å². The summed E-state index contributed by atoms with van der Waals surface area (Å²) in [6, 6.07) is 12.2. The maximum atomic E-state index is 12.1. The molecule has 4 heteroatoms. The summed E-state index contributed by atoms with van der Waals surface area (Å²) in [5.41, 5.74) is 1.30. The van der Waals surface area contributed by atoms with Crippen molar-refractivity contribution in [3.8, 4) is 0 Å². The summed E-state index contributed by atoms with van der Waals surface area (Å²) < 4.78 is 5.11. The van der Waals surface area contributed by atoms with E-state index in [1.807, 2.05) is 17.0 Å². The molecular formula is C16H18N2O2. The average Bonchev–Trinajstić information content (AvgIpc) is 2.97. The van der Waals surface area contributed by atoms with Crippen LogP contribution in [0.25, 0.3) is 0 Å². The van der Waals surface area contributed by atoms with Crippen LogP contribution in [-0.4, -0.2) is 22.5 Å². The minimum Gasteiger partial charge on any atom is -0.360 e. The second kappa shape index (κ2) is 5.12. The largest absolute Gasteiger partial charge is 0.360 e. The molecule has 1 amide bonds. The number of amides is 1. The van der Waals surface area contributed by atoms with Gasteiger partial charge in [-0.15, -0.1) is 0 Å². The Labute approximate surface area is 118 Å². The standard InChI is InChI=1S/C16H18N2O2/c1-16(13-5-3-2-4-6-13)9-7-15(19)18(12-16)11-14-8-10-17-20-14/h2-6,8,10H,7,9,11-12H2,1H3. The van der Waals surface area contributed by atoms with Crippen LogP contribution in [0.3, 0.4) is 0 Å². The zero-order valence-electron chi connectivity index (χ0n) is 11.6. The van der Waals surface area contributed by atoms with Gasteiger partial charge in [0.05, 0.1) is 12.7 Å². The summed E-state index contributed by atoms with van der Waals surface area (Å²) >= 11 is 0. The summed E-state index contributed by atoms with van der Waals surface area (Å²) in [5, 5.41) is 3.69. The van der Waals surface area contributed by atoms with Crippen molar-refractivity contribution in [2.24, 2.45) is 0 Å². The Balaban J connectivity index is 1.80. The Morgan fingerprint density at radius 1 is 1.30 bits per heavy atom. The number of carbonyl (C=O) groups excluding carboxylic acids is 1. The first-order valence-electron chi connectivity index (χ1n) is 6.90. The first-order valence-corrected chi connectivity index (χ1v) is 6.90. The van der Waals surface area contributed by atoms with Crippen LogP contribution in [0.15, 0.2) is 47.1 Å². The number of hydrogen-bond acceptors (Lipinski definition) is 3. The molecular weight excluding hydrogens is 252 g/mol. The zero-order valence-corrected chi connectivity index (χ0v) is 11.6. The number of hydrogen-bond donors (Lipinski definition) is 0. The van der Waals surface area contributed by atoms with Crippen LogP contribution >= 0.6 is 0 Å². The van der Waals surface area contributed by atoms with Gasteiger partial charge in [-0.1, -0.05) is 42.4 Å². The van der Waals surface area contributed by atoms with Crippen molar-refractivity contribution in [2.75, 3.05) is 6.54 Å². The van der Waals surface area contributed by atoms with Gasteiger partial charge in [0.25, 0.3) is 0 Å². The van der Waals surface area contributed by atoms with Gasteiger partial charge in [-0.3, -0.25) is 4.79 Å². The fourth-order valence-electron chi connectivity index (χ4n) is 2.86. The number of carbonyl (C=O) groups is 1. The second-order valence-electron chi connectivity index (χ2n) is 5.66. The summed E-state index contributed by atoms with van der Waals surface area (Å²) in [7, 11) is 0. The minimum absolute atomic E-state index is 0.00912. The Bertz CT molecular complexity index is 580. The molecule has 0 saturated carbocycles. The molecule has 2 heterocycles. The smallest absolute Gasteiger partial charge is 0.223 e. The lowest BCUT2D eigenvalue weighted by molar-refractivity contribution is -0.136. The summed E-state index contributed by atoms with van der Waals surface area (Å²) in [5.74, 6) is 0.922. The third kappa shape index (κ3) is 2.46. The highest BCUT2D eigenvalue weighted by Crippen LogP contribution is 2.34. The van der Waals surface area contributed by atoms with E-state index in [2.05, 4.69) is 36.3 Å². The van der Waals surface area contributed by atoms with Gasteiger partial charge < -0.3 is 9.42 Å². The summed E-state index contributed by atoms with van der Waals surface area (Å²) in [6.07, 6.45) is 3.09. The molecule has 1 unspecified atom stereocenters. The van der Waals surface area contributed by atoms with Crippen LogP contribution in [0.4, 0.5) is 0 Å². The lowest BCUT2D eigenvalue weighted by atomic mass is 9.75. The summed E-state index contributed by atoms with van der Waals surface area (Å²) in [4.78, 5) is 14.0. The van der Waals surface area contributed by atoms with Crippen LogP contribution in [0.2, 0.25) is 0 Å². The monoisotopic (exact) mass is 270 g/mol. The van der Waals surface area contributed by atoms with Gasteiger partial charge in [0, 0.05) is 24.4 Å². The number of rotatable bonds is 3. The fourth-order valence-corrected chi connectivity index (χ4v) is 2.86. The first kappa shape index (κ1) is 12.9. The first-order chi connectivity index (χ1) is 9.67. The molecule has 20 heavy (non-hydrogen) atoms. The number of benzene rings is 1. The Kier molecular flexibility index (Phi) is 3.30. The van der Waals surface area contributed by atoms with Crippen LogP contribution < -0.4 is 0 Å². The third-order valence-electron chi connectivity index (χ3n) is 4.09. The summed E-state index contributed by atoms with van der Waals surface area (Å²) in [6.45, 7) is 3.44. The average molecular weight is 270 g/mol. The van der Waals surface area contributed by atoms with E-state index in [0.29, 0.717) is 13.0 Å². The van der Waals surface area contributed by atoms with E-state index in [1.165, 1.54) is 5.56 Å². The van der Waals surface area contributed by atoms with Crippen molar-refractivity contribution >= 4 is 5.91 Å². The van der Waals surface area contributed by atoms with E-state index < -0.39 is 0 Å². The van der Waals surface area contributed by atoms with Gasteiger partial charge >= 0.3 is 0 Å². The van der Waals surface area contributed by atoms with Crippen LogP contribution in [0.5, 0.6) is 0 Å². The van der Waals surface area contributed by atoms with Gasteiger partial charge in [0.15, 0.2) is 5.76 Å². The molecule has 4 nitrogen and oxygen atoms in total. The fraction of sp³-hybridized carbons (Fsp3) is 0.375. The molecule has 3 rings (SSSR count). The molecule has 0 N–H and O–H groups in total. The molecule has 0 aliphatic carbocycles. The normalized spacial score (nSPS) is 23.1. The molecule has 1 saturated heterocycles. The van der Waals surface area contributed by atoms with Crippen LogP contribution in [0, 0.1) is 0 Å². The van der Waals surface area contributed by atoms with Crippen LogP contribution in [-0.2, 0) is 16.8 Å². The maximum Gasteiger partial charge on any atom is 0.223 e. The molecule has 2 aromatic rings. The van der Waals surface area contributed by atoms with Gasteiger partial charge in [-0.2, -0.15) is 0 Å². The zero-order chi connectivity index (χ0) is 14.0. The Morgan fingerprint density at radius 2 is 2.10 bits per heavy atom. The number of nitrogens with zero attached hydrogens (tertiary/aromatic N) is 2. The Hall–Kier alpha value is -2.10. The Morgan fingerprint density at radius 3 is 2.80 bits per heavy atom. The maximum absolute atomic E-state index is 12.1. The topological polar surface area (TPSA) is 46.3 Å².